The molecule has 3 aliphatic rings. The van der Waals surface area contributed by atoms with Gasteiger partial charge < -0.3 is 15.0 Å². The molecule has 23 heavy (non-hydrogen) atoms. The lowest BCUT2D eigenvalue weighted by atomic mass is 9.95. The van der Waals surface area contributed by atoms with Crippen LogP contribution < -0.4 is 5.32 Å². The van der Waals surface area contributed by atoms with Crippen LogP contribution in [0.15, 0.2) is 0 Å². The van der Waals surface area contributed by atoms with Gasteiger partial charge in [-0.15, -0.1) is 0 Å². The van der Waals surface area contributed by atoms with Gasteiger partial charge in [-0.3, -0.25) is 14.5 Å². The topological polar surface area (TPSA) is 61.9 Å². The SMILES string of the molecule is CC(NC(=O)CN1CCC(C(=O)N2CCOCC2)CC1)C1CC1. The highest BCUT2D eigenvalue weighted by molar-refractivity contribution is 5.79. The van der Waals surface area contributed by atoms with E-state index in [4.69, 9.17) is 4.74 Å². The van der Waals surface area contributed by atoms with E-state index in [1.807, 2.05) is 4.90 Å². The quantitative estimate of drug-likeness (QED) is 0.799. The third-order valence-electron chi connectivity index (χ3n) is 5.34. The summed E-state index contributed by atoms with van der Waals surface area (Å²) >= 11 is 0. The molecule has 0 radical (unpaired) electrons. The van der Waals surface area contributed by atoms with E-state index in [0.29, 0.717) is 31.7 Å². The van der Waals surface area contributed by atoms with Gasteiger partial charge in [0.15, 0.2) is 0 Å². The van der Waals surface area contributed by atoms with Gasteiger partial charge in [0.25, 0.3) is 0 Å². The summed E-state index contributed by atoms with van der Waals surface area (Å²) in [5.74, 6) is 1.22. The second-order valence-corrected chi connectivity index (χ2v) is 7.18. The van der Waals surface area contributed by atoms with E-state index >= 15 is 0 Å². The van der Waals surface area contributed by atoms with Crippen LogP contribution in [-0.2, 0) is 14.3 Å². The molecule has 6 nitrogen and oxygen atoms in total. The maximum atomic E-state index is 12.5. The Bertz CT molecular complexity index is 425. The van der Waals surface area contributed by atoms with Crippen molar-refractivity contribution in [3.63, 3.8) is 0 Å². The molecule has 3 rings (SSSR count). The van der Waals surface area contributed by atoms with Gasteiger partial charge in [-0.1, -0.05) is 0 Å². The molecule has 0 bridgehead atoms. The van der Waals surface area contributed by atoms with Gasteiger partial charge in [-0.05, 0) is 51.6 Å². The maximum absolute atomic E-state index is 12.5. The number of piperidine rings is 1. The summed E-state index contributed by atoms with van der Waals surface area (Å²) in [6, 6.07) is 0.308. The average Bonchev–Trinajstić information content (AvgIpc) is 3.40. The van der Waals surface area contributed by atoms with Crippen molar-refractivity contribution in [2.45, 2.75) is 38.6 Å². The van der Waals surface area contributed by atoms with Crippen LogP contribution >= 0.6 is 0 Å². The van der Waals surface area contributed by atoms with E-state index in [1.165, 1.54) is 12.8 Å². The number of amides is 2. The highest BCUT2D eigenvalue weighted by Crippen LogP contribution is 2.32. The predicted octanol–water partition coefficient (Wildman–Crippen LogP) is 0.472. The minimum atomic E-state index is 0.123. The Morgan fingerprint density at radius 3 is 2.35 bits per heavy atom. The molecule has 2 amide bonds. The number of carbonyl (C=O) groups is 2. The number of nitrogens with one attached hydrogen (secondary N) is 1. The number of morpholine rings is 1. The molecule has 0 aromatic heterocycles. The summed E-state index contributed by atoms with van der Waals surface area (Å²) < 4.78 is 5.30. The number of ether oxygens (including phenoxy) is 1. The van der Waals surface area contributed by atoms with Crippen LogP contribution in [0.3, 0.4) is 0 Å². The molecule has 2 saturated heterocycles. The molecule has 0 aromatic rings. The van der Waals surface area contributed by atoms with Gasteiger partial charge >= 0.3 is 0 Å². The second kappa shape index (κ2) is 7.62. The van der Waals surface area contributed by atoms with Gasteiger partial charge in [-0.2, -0.15) is 0 Å². The van der Waals surface area contributed by atoms with Crippen molar-refractivity contribution in [1.82, 2.24) is 15.1 Å². The van der Waals surface area contributed by atoms with Gasteiger partial charge in [0.2, 0.25) is 11.8 Å². The van der Waals surface area contributed by atoms with Gasteiger partial charge in [0.05, 0.1) is 19.8 Å². The van der Waals surface area contributed by atoms with Crippen molar-refractivity contribution in [2.24, 2.45) is 11.8 Å². The number of carbonyl (C=O) groups excluding carboxylic acids is 2. The Labute approximate surface area is 138 Å². The molecule has 3 fully saturated rings. The first-order valence-electron chi connectivity index (χ1n) is 9.01. The molecule has 1 atom stereocenters. The van der Waals surface area contributed by atoms with Crippen molar-refractivity contribution in [2.75, 3.05) is 45.9 Å². The maximum Gasteiger partial charge on any atom is 0.234 e. The standard InChI is InChI=1S/C17H29N3O3/c1-13(14-2-3-14)18-16(21)12-19-6-4-15(5-7-19)17(22)20-8-10-23-11-9-20/h13-15H,2-12H2,1H3,(H,18,21). The van der Waals surface area contributed by atoms with Gasteiger partial charge in [0.1, 0.15) is 0 Å². The smallest absolute Gasteiger partial charge is 0.234 e. The minimum Gasteiger partial charge on any atom is -0.378 e. The first kappa shape index (κ1) is 16.7. The summed E-state index contributed by atoms with van der Waals surface area (Å²) in [4.78, 5) is 28.7. The fraction of sp³-hybridized carbons (Fsp3) is 0.882. The van der Waals surface area contributed by atoms with Gasteiger partial charge in [0, 0.05) is 25.0 Å². The largest absolute Gasteiger partial charge is 0.378 e. The molecule has 1 unspecified atom stereocenters. The van der Waals surface area contributed by atoms with Crippen LogP contribution in [0.5, 0.6) is 0 Å². The molecule has 0 spiro atoms. The first-order valence-corrected chi connectivity index (χ1v) is 9.01. The average molecular weight is 323 g/mol. The Kier molecular flexibility index (Phi) is 5.54. The lowest BCUT2D eigenvalue weighted by Crippen LogP contribution is -2.48. The van der Waals surface area contributed by atoms with Crippen molar-refractivity contribution < 1.29 is 14.3 Å². The Hall–Kier alpha value is -1.14. The van der Waals surface area contributed by atoms with Crippen molar-refractivity contribution >= 4 is 11.8 Å². The molecule has 130 valence electrons. The number of nitrogens with zero attached hydrogens (tertiary/aromatic N) is 2. The summed E-state index contributed by atoms with van der Waals surface area (Å²) in [6.07, 6.45) is 4.22. The zero-order valence-electron chi connectivity index (χ0n) is 14.1. The Morgan fingerprint density at radius 2 is 1.74 bits per heavy atom. The summed E-state index contributed by atoms with van der Waals surface area (Å²) in [5.41, 5.74) is 0. The molecule has 2 aliphatic heterocycles. The third kappa shape index (κ3) is 4.67. The summed E-state index contributed by atoms with van der Waals surface area (Å²) in [7, 11) is 0. The Balaban J connectivity index is 1.37. The number of hydrogen-bond donors (Lipinski definition) is 1. The molecule has 1 saturated carbocycles. The van der Waals surface area contributed by atoms with Crippen LogP contribution in [0.1, 0.15) is 32.6 Å². The van der Waals surface area contributed by atoms with E-state index in [-0.39, 0.29) is 17.7 Å². The summed E-state index contributed by atoms with van der Waals surface area (Å²) in [5, 5.41) is 3.11. The Morgan fingerprint density at radius 1 is 1.09 bits per heavy atom. The zero-order valence-corrected chi connectivity index (χ0v) is 14.1. The monoisotopic (exact) mass is 323 g/mol. The zero-order chi connectivity index (χ0) is 16.2. The van der Waals surface area contributed by atoms with E-state index in [0.717, 1.165) is 39.0 Å². The highest BCUT2D eigenvalue weighted by Gasteiger charge is 2.31. The molecular weight excluding hydrogens is 294 g/mol. The number of hydrogen-bond acceptors (Lipinski definition) is 4. The molecule has 2 heterocycles. The van der Waals surface area contributed by atoms with Crippen molar-refractivity contribution in [3.05, 3.63) is 0 Å². The van der Waals surface area contributed by atoms with Crippen LogP contribution in [0, 0.1) is 11.8 Å². The van der Waals surface area contributed by atoms with Crippen LogP contribution in [0.25, 0.3) is 0 Å². The molecule has 0 aromatic carbocycles. The van der Waals surface area contributed by atoms with Crippen LogP contribution in [0.4, 0.5) is 0 Å². The van der Waals surface area contributed by atoms with E-state index in [1.54, 1.807) is 0 Å². The van der Waals surface area contributed by atoms with Crippen molar-refractivity contribution in [1.29, 1.82) is 0 Å². The van der Waals surface area contributed by atoms with Crippen LogP contribution in [0.2, 0.25) is 0 Å². The molecule has 1 aliphatic carbocycles. The van der Waals surface area contributed by atoms with Crippen LogP contribution in [-0.4, -0.2) is 73.6 Å². The van der Waals surface area contributed by atoms with E-state index < -0.39 is 0 Å². The lowest BCUT2D eigenvalue weighted by Gasteiger charge is -2.35. The highest BCUT2D eigenvalue weighted by atomic mass is 16.5. The van der Waals surface area contributed by atoms with Crippen molar-refractivity contribution in [3.8, 4) is 0 Å². The minimum absolute atomic E-state index is 0.123. The normalized spacial score (nSPS) is 25.2. The van der Waals surface area contributed by atoms with E-state index in [2.05, 4.69) is 17.1 Å². The fourth-order valence-corrected chi connectivity index (χ4v) is 3.60. The lowest BCUT2D eigenvalue weighted by molar-refractivity contribution is -0.141. The van der Waals surface area contributed by atoms with E-state index in [9.17, 15) is 9.59 Å². The predicted molar refractivity (Wildman–Crippen MR) is 86.9 cm³/mol. The van der Waals surface area contributed by atoms with Gasteiger partial charge in [-0.25, -0.2) is 0 Å². The third-order valence-corrected chi connectivity index (χ3v) is 5.34. The molecule has 1 N–H and O–H groups in total. The molecule has 6 heteroatoms. The summed E-state index contributed by atoms with van der Waals surface area (Å²) in [6.45, 7) is 7.01. The molecular formula is C17H29N3O3. The number of likely N-dealkylation sites (tertiary alicyclic amines) is 1. The fourth-order valence-electron chi connectivity index (χ4n) is 3.60. The first-order chi connectivity index (χ1) is 11.1. The number of rotatable bonds is 5. The second-order valence-electron chi connectivity index (χ2n) is 7.18.